The van der Waals surface area contributed by atoms with E-state index in [2.05, 4.69) is 24.5 Å². The van der Waals surface area contributed by atoms with E-state index >= 15 is 0 Å². The summed E-state index contributed by atoms with van der Waals surface area (Å²) in [6.07, 6.45) is 5.67. The molecule has 1 aromatic carbocycles. The Labute approximate surface area is 144 Å². The molecule has 1 saturated heterocycles. The van der Waals surface area contributed by atoms with Gasteiger partial charge in [0, 0.05) is 30.4 Å². The van der Waals surface area contributed by atoms with Crippen LogP contribution in [0.2, 0.25) is 0 Å². The molecule has 0 saturated carbocycles. The Morgan fingerprint density at radius 3 is 2.48 bits per heavy atom. The van der Waals surface area contributed by atoms with E-state index < -0.39 is 0 Å². The van der Waals surface area contributed by atoms with E-state index in [1.54, 1.807) is 0 Å². The van der Waals surface area contributed by atoms with Gasteiger partial charge in [-0.1, -0.05) is 13.3 Å². The Kier molecular flexibility index (Phi) is 6.84. The minimum absolute atomic E-state index is 0.133. The van der Waals surface area contributed by atoms with Crippen molar-refractivity contribution < 1.29 is 4.79 Å². The standard InChI is InChI=1S/C18H27N3OS/c1-3-7-14(2)19-18(23)20-16-10-8-15(9-11-16)17(22)21-12-5-4-6-13-21/h8-11,14H,3-7,12-13H2,1-2H3,(H2,19,20,23). The van der Waals surface area contributed by atoms with E-state index in [0.717, 1.165) is 50.0 Å². The Morgan fingerprint density at radius 1 is 1.22 bits per heavy atom. The molecule has 4 nitrogen and oxygen atoms in total. The molecule has 0 radical (unpaired) electrons. The van der Waals surface area contributed by atoms with Crippen molar-refractivity contribution in [2.75, 3.05) is 18.4 Å². The number of likely N-dealkylation sites (tertiary alicyclic amines) is 1. The summed E-state index contributed by atoms with van der Waals surface area (Å²) >= 11 is 5.32. The van der Waals surface area contributed by atoms with E-state index in [4.69, 9.17) is 12.2 Å². The first-order chi connectivity index (χ1) is 11.1. The number of hydrogen-bond donors (Lipinski definition) is 2. The molecule has 1 aliphatic rings. The number of anilines is 1. The van der Waals surface area contributed by atoms with Gasteiger partial charge < -0.3 is 15.5 Å². The first-order valence-electron chi connectivity index (χ1n) is 8.57. The summed E-state index contributed by atoms with van der Waals surface area (Å²) in [7, 11) is 0. The minimum atomic E-state index is 0.133. The molecule has 126 valence electrons. The van der Waals surface area contributed by atoms with Gasteiger partial charge in [-0.3, -0.25) is 4.79 Å². The summed E-state index contributed by atoms with van der Waals surface area (Å²) in [4.78, 5) is 14.4. The third-order valence-corrected chi connectivity index (χ3v) is 4.35. The molecule has 1 fully saturated rings. The average molecular weight is 334 g/mol. The lowest BCUT2D eigenvalue weighted by atomic mass is 10.1. The highest BCUT2D eigenvalue weighted by Crippen LogP contribution is 2.15. The number of nitrogens with one attached hydrogen (secondary N) is 2. The summed E-state index contributed by atoms with van der Waals surface area (Å²) in [6.45, 7) is 6.04. The summed E-state index contributed by atoms with van der Waals surface area (Å²) in [5.41, 5.74) is 1.65. The van der Waals surface area contributed by atoms with Gasteiger partial charge in [-0.15, -0.1) is 0 Å². The molecule has 2 rings (SSSR count). The fourth-order valence-electron chi connectivity index (χ4n) is 2.87. The lowest BCUT2D eigenvalue weighted by Crippen LogP contribution is -2.36. The van der Waals surface area contributed by atoms with E-state index in [9.17, 15) is 4.79 Å². The molecule has 1 aliphatic heterocycles. The molecule has 0 aliphatic carbocycles. The van der Waals surface area contributed by atoms with Gasteiger partial charge in [0.15, 0.2) is 5.11 Å². The molecule has 0 aromatic heterocycles. The molecule has 23 heavy (non-hydrogen) atoms. The van der Waals surface area contributed by atoms with Crippen molar-refractivity contribution in [3.05, 3.63) is 29.8 Å². The fourth-order valence-corrected chi connectivity index (χ4v) is 3.19. The molecule has 1 heterocycles. The van der Waals surface area contributed by atoms with E-state index in [1.807, 2.05) is 29.2 Å². The third-order valence-electron chi connectivity index (χ3n) is 4.13. The zero-order valence-electron chi connectivity index (χ0n) is 14.1. The maximum Gasteiger partial charge on any atom is 0.253 e. The van der Waals surface area contributed by atoms with Gasteiger partial charge in [-0.25, -0.2) is 0 Å². The molecular formula is C18H27N3OS. The van der Waals surface area contributed by atoms with Gasteiger partial charge in [0.25, 0.3) is 5.91 Å². The minimum Gasteiger partial charge on any atom is -0.360 e. The highest BCUT2D eigenvalue weighted by Gasteiger charge is 2.17. The fraction of sp³-hybridized carbons (Fsp3) is 0.556. The van der Waals surface area contributed by atoms with Crippen LogP contribution in [0.5, 0.6) is 0 Å². The first-order valence-corrected chi connectivity index (χ1v) is 8.98. The van der Waals surface area contributed by atoms with Gasteiger partial charge >= 0.3 is 0 Å². The highest BCUT2D eigenvalue weighted by molar-refractivity contribution is 7.80. The van der Waals surface area contributed by atoms with Crippen molar-refractivity contribution in [2.24, 2.45) is 0 Å². The van der Waals surface area contributed by atoms with Crippen LogP contribution < -0.4 is 10.6 Å². The second-order valence-corrected chi connectivity index (χ2v) is 6.63. The van der Waals surface area contributed by atoms with Crippen LogP contribution in [0.15, 0.2) is 24.3 Å². The predicted molar refractivity (Wildman–Crippen MR) is 99.9 cm³/mol. The van der Waals surface area contributed by atoms with Crippen LogP contribution in [-0.4, -0.2) is 35.1 Å². The number of benzene rings is 1. The van der Waals surface area contributed by atoms with Crippen LogP contribution in [0.4, 0.5) is 5.69 Å². The molecule has 1 atom stereocenters. The van der Waals surface area contributed by atoms with Gasteiger partial charge in [-0.05, 0) is 69.1 Å². The monoisotopic (exact) mass is 333 g/mol. The summed E-state index contributed by atoms with van der Waals surface area (Å²) in [5, 5.41) is 7.06. The maximum atomic E-state index is 12.4. The smallest absolute Gasteiger partial charge is 0.253 e. The predicted octanol–water partition coefficient (Wildman–Crippen LogP) is 3.79. The van der Waals surface area contributed by atoms with Gasteiger partial charge in [0.2, 0.25) is 0 Å². The topological polar surface area (TPSA) is 44.4 Å². The Morgan fingerprint density at radius 2 is 1.87 bits per heavy atom. The van der Waals surface area contributed by atoms with Crippen molar-refractivity contribution in [2.45, 2.75) is 52.0 Å². The van der Waals surface area contributed by atoms with Crippen molar-refractivity contribution in [3.8, 4) is 0 Å². The van der Waals surface area contributed by atoms with Gasteiger partial charge in [-0.2, -0.15) is 0 Å². The molecular weight excluding hydrogens is 306 g/mol. The number of amides is 1. The third kappa shape index (κ3) is 5.50. The number of thiocarbonyl (C=S) groups is 1. The maximum absolute atomic E-state index is 12.4. The van der Waals surface area contributed by atoms with Crippen LogP contribution in [0.25, 0.3) is 0 Å². The number of piperidine rings is 1. The Hall–Kier alpha value is -1.62. The van der Waals surface area contributed by atoms with E-state index in [1.165, 1.54) is 6.42 Å². The van der Waals surface area contributed by atoms with Crippen LogP contribution in [-0.2, 0) is 0 Å². The Balaban J connectivity index is 1.88. The molecule has 5 heteroatoms. The van der Waals surface area contributed by atoms with Crippen LogP contribution in [0.3, 0.4) is 0 Å². The van der Waals surface area contributed by atoms with E-state index in [0.29, 0.717) is 11.2 Å². The summed E-state index contributed by atoms with van der Waals surface area (Å²) in [6, 6.07) is 7.93. The SMILES string of the molecule is CCCC(C)NC(=S)Nc1ccc(C(=O)N2CCCCC2)cc1. The van der Waals surface area contributed by atoms with Crippen molar-refractivity contribution in [1.29, 1.82) is 0 Å². The lowest BCUT2D eigenvalue weighted by Gasteiger charge is -2.26. The van der Waals surface area contributed by atoms with Gasteiger partial charge in [0.1, 0.15) is 0 Å². The second-order valence-electron chi connectivity index (χ2n) is 6.22. The second kappa shape index (κ2) is 8.87. The van der Waals surface area contributed by atoms with Crippen LogP contribution in [0, 0.1) is 0 Å². The quantitative estimate of drug-likeness (QED) is 0.805. The normalized spacial score (nSPS) is 15.8. The Bertz CT molecular complexity index is 524. The zero-order valence-corrected chi connectivity index (χ0v) is 14.9. The summed E-state index contributed by atoms with van der Waals surface area (Å²) in [5.74, 6) is 0.133. The molecule has 0 spiro atoms. The number of nitrogens with zero attached hydrogens (tertiary/aromatic N) is 1. The first kappa shape index (κ1) is 17.7. The van der Waals surface area contributed by atoms with Crippen LogP contribution >= 0.6 is 12.2 Å². The van der Waals surface area contributed by atoms with Crippen LogP contribution in [0.1, 0.15) is 56.3 Å². The largest absolute Gasteiger partial charge is 0.360 e. The molecule has 1 unspecified atom stereocenters. The molecule has 1 amide bonds. The number of rotatable bonds is 5. The molecule has 1 aromatic rings. The molecule has 2 N–H and O–H groups in total. The number of hydrogen-bond acceptors (Lipinski definition) is 2. The number of carbonyl (C=O) groups excluding carboxylic acids is 1. The summed E-state index contributed by atoms with van der Waals surface area (Å²) < 4.78 is 0. The van der Waals surface area contributed by atoms with E-state index in [-0.39, 0.29) is 5.91 Å². The average Bonchev–Trinajstić information content (AvgIpc) is 2.56. The zero-order chi connectivity index (χ0) is 16.7. The van der Waals surface area contributed by atoms with Crippen molar-refractivity contribution in [1.82, 2.24) is 10.2 Å². The van der Waals surface area contributed by atoms with Gasteiger partial charge in [0.05, 0.1) is 0 Å². The highest BCUT2D eigenvalue weighted by atomic mass is 32.1. The molecule has 0 bridgehead atoms. The number of carbonyl (C=O) groups is 1. The van der Waals surface area contributed by atoms with Crippen molar-refractivity contribution >= 4 is 28.9 Å². The lowest BCUT2D eigenvalue weighted by molar-refractivity contribution is 0.0724. The van der Waals surface area contributed by atoms with Crippen molar-refractivity contribution in [3.63, 3.8) is 0 Å².